The Labute approximate surface area is 154 Å². The fourth-order valence-corrected chi connectivity index (χ4v) is 3.00. The van der Waals surface area contributed by atoms with Crippen LogP contribution in [0.5, 0.6) is 11.5 Å². The summed E-state index contributed by atoms with van der Waals surface area (Å²) in [5.41, 5.74) is 2.01. The molecule has 26 heavy (non-hydrogen) atoms. The number of ether oxygens (including phenoxy) is 2. The Kier molecular flexibility index (Phi) is 6.12. The maximum Gasteiger partial charge on any atom is 0.138 e. The summed E-state index contributed by atoms with van der Waals surface area (Å²) in [5, 5.41) is 10.3. The van der Waals surface area contributed by atoms with Crippen LogP contribution >= 0.6 is 0 Å². The molecule has 0 radical (unpaired) electrons. The van der Waals surface area contributed by atoms with Crippen molar-refractivity contribution in [2.24, 2.45) is 0 Å². The van der Waals surface area contributed by atoms with Crippen molar-refractivity contribution in [1.29, 1.82) is 0 Å². The van der Waals surface area contributed by atoms with Gasteiger partial charge in [0.2, 0.25) is 0 Å². The van der Waals surface area contributed by atoms with E-state index in [0.717, 1.165) is 47.7 Å². The third-order valence-corrected chi connectivity index (χ3v) is 4.47. The lowest BCUT2D eigenvalue weighted by Crippen LogP contribution is -2.09. The van der Waals surface area contributed by atoms with Crippen LogP contribution in [-0.2, 0) is 6.54 Å². The van der Waals surface area contributed by atoms with Gasteiger partial charge in [0, 0.05) is 6.54 Å². The second-order valence-corrected chi connectivity index (χ2v) is 6.27. The van der Waals surface area contributed by atoms with E-state index in [1.807, 2.05) is 49.4 Å². The lowest BCUT2D eigenvalue weighted by atomic mass is 10.2. The molecule has 1 atom stereocenters. The van der Waals surface area contributed by atoms with Crippen molar-refractivity contribution in [2.75, 3.05) is 13.7 Å². The molecule has 0 saturated heterocycles. The van der Waals surface area contributed by atoms with E-state index >= 15 is 0 Å². The number of para-hydroxylation sites is 2. The molecule has 0 saturated carbocycles. The summed E-state index contributed by atoms with van der Waals surface area (Å²) in [4.78, 5) is 4.62. The fourth-order valence-electron chi connectivity index (χ4n) is 3.00. The SMILES string of the molecule is CC[C@@H](O)c1nc2ccccc2n1CCCCOc1ccc(OC)cc1. The maximum atomic E-state index is 10.3. The highest BCUT2D eigenvalue weighted by atomic mass is 16.5. The van der Waals surface area contributed by atoms with E-state index in [2.05, 4.69) is 15.6 Å². The number of methoxy groups -OCH3 is 1. The van der Waals surface area contributed by atoms with Crippen LogP contribution in [-0.4, -0.2) is 28.4 Å². The topological polar surface area (TPSA) is 56.5 Å². The largest absolute Gasteiger partial charge is 0.497 e. The zero-order valence-corrected chi connectivity index (χ0v) is 15.4. The van der Waals surface area contributed by atoms with E-state index in [1.54, 1.807) is 7.11 Å². The lowest BCUT2D eigenvalue weighted by Gasteiger charge is -2.13. The Morgan fingerprint density at radius 2 is 1.77 bits per heavy atom. The van der Waals surface area contributed by atoms with Gasteiger partial charge in [-0.05, 0) is 55.7 Å². The van der Waals surface area contributed by atoms with Crippen LogP contribution in [0.25, 0.3) is 11.0 Å². The van der Waals surface area contributed by atoms with Gasteiger partial charge in [0.25, 0.3) is 0 Å². The average molecular weight is 354 g/mol. The number of hydrogen-bond acceptors (Lipinski definition) is 4. The Bertz CT molecular complexity index is 827. The van der Waals surface area contributed by atoms with Crippen molar-refractivity contribution in [3.8, 4) is 11.5 Å². The summed E-state index contributed by atoms with van der Waals surface area (Å²) >= 11 is 0. The summed E-state index contributed by atoms with van der Waals surface area (Å²) in [7, 11) is 1.65. The van der Waals surface area contributed by atoms with E-state index in [-0.39, 0.29) is 0 Å². The smallest absolute Gasteiger partial charge is 0.138 e. The highest BCUT2D eigenvalue weighted by Crippen LogP contribution is 2.23. The number of nitrogens with zero attached hydrogens (tertiary/aromatic N) is 2. The molecule has 1 N–H and O–H groups in total. The van der Waals surface area contributed by atoms with E-state index < -0.39 is 6.10 Å². The van der Waals surface area contributed by atoms with E-state index in [9.17, 15) is 5.11 Å². The third kappa shape index (κ3) is 4.17. The molecule has 2 aromatic carbocycles. The first-order valence-corrected chi connectivity index (χ1v) is 9.13. The summed E-state index contributed by atoms with van der Waals surface area (Å²) in [6.45, 7) is 3.44. The van der Waals surface area contributed by atoms with E-state index in [1.165, 1.54) is 0 Å². The molecule has 0 spiro atoms. The fraction of sp³-hybridized carbons (Fsp3) is 0.381. The van der Waals surface area contributed by atoms with Crippen LogP contribution in [0.4, 0.5) is 0 Å². The van der Waals surface area contributed by atoms with Gasteiger partial charge in [-0.2, -0.15) is 0 Å². The van der Waals surface area contributed by atoms with Gasteiger partial charge in [-0.25, -0.2) is 4.98 Å². The van der Waals surface area contributed by atoms with Crippen LogP contribution in [0.3, 0.4) is 0 Å². The van der Waals surface area contributed by atoms with Crippen molar-refractivity contribution in [3.05, 3.63) is 54.4 Å². The van der Waals surface area contributed by atoms with Crippen LogP contribution < -0.4 is 9.47 Å². The quantitative estimate of drug-likeness (QED) is 0.581. The number of rotatable bonds is 9. The van der Waals surface area contributed by atoms with Gasteiger partial charge in [-0.1, -0.05) is 19.1 Å². The number of aryl methyl sites for hydroxylation is 1. The number of aliphatic hydroxyl groups is 1. The molecule has 138 valence electrons. The molecule has 0 amide bonds. The molecule has 0 unspecified atom stereocenters. The molecule has 5 heteroatoms. The molecule has 0 fully saturated rings. The van der Waals surface area contributed by atoms with Crippen molar-refractivity contribution in [3.63, 3.8) is 0 Å². The number of unbranched alkanes of at least 4 members (excludes halogenated alkanes) is 1. The predicted octanol–water partition coefficient (Wildman–Crippen LogP) is 4.35. The van der Waals surface area contributed by atoms with Gasteiger partial charge in [-0.15, -0.1) is 0 Å². The summed E-state index contributed by atoms with van der Waals surface area (Å²) < 4.78 is 13.1. The van der Waals surface area contributed by atoms with Crippen molar-refractivity contribution in [1.82, 2.24) is 9.55 Å². The minimum Gasteiger partial charge on any atom is -0.497 e. The molecule has 1 aromatic heterocycles. The highest BCUT2D eigenvalue weighted by Gasteiger charge is 2.16. The summed E-state index contributed by atoms with van der Waals surface area (Å²) in [6, 6.07) is 15.7. The van der Waals surface area contributed by atoms with Gasteiger partial charge in [0.05, 0.1) is 24.8 Å². The van der Waals surface area contributed by atoms with Gasteiger partial charge < -0.3 is 19.1 Å². The number of hydrogen-bond donors (Lipinski definition) is 1. The second kappa shape index (κ2) is 8.72. The Morgan fingerprint density at radius 1 is 1.04 bits per heavy atom. The first kappa shape index (κ1) is 18.3. The van der Waals surface area contributed by atoms with Gasteiger partial charge in [-0.3, -0.25) is 0 Å². The Balaban J connectivity index is 1.57. The molecule has 0 aliphatic carbocycles. The van der Waals surface area contributed by atoms with Gasteiger partial charge in [0.15, 0.2) is 0 Å². The Hall–Kier alpha value is -2.53. The zero-order valence-electron chi connectivity index (χ0n) is 15.4. The summed E-state index contributed by atoms with van der Waals surface area (Å²) in [6.07, 6.45) is 2.02. The number of fused-ring (bicyclic) bond motifs is 1. The standard InChI is InChI=1S/C21H26N2O3/c1-3-20(24)21-22-18-8-4-5-9-19(18)23(21)14-6-7-15-26-17-12-10-16(25-2)11-13-17/h4-5,8-13,20,24H,3,6-7,14-15H2,1-2H3/t20-/m1/s1. The number of benzene rings is 2. The molecule has 1 heterocycles. The van der Waals surface area contributed by atoms with Crippen molar-refractivity contribution in [2.45, 2.75) is 38.8 Å². The minimum atomic E-state index is -0.530. The summed E-state index contributed by atoms with van der Waals surface area (Å²) in [5.74, 6) is 2.43. The molecule has 0 aliphatic heterocycles. The number of aliphatic hydroxyl groups excluding tert-OH is 1. The second-order valence-electron chi connectivity index (χ2n) is 6.27. The van der Waals surface area contributed by atoms with E-state index in [0.29, 0.717) is 13.0 Å². The van der Waals surface area contributed by atoms with Gasteiger partial charge in [0.1, 0.15) is 23.4 Å². The monoisotopic (exact) mass is 354 g/mol. The van der Waals surface area contributed by atoms with E-state index in [4.69, 9.17) is 9.47 Å². The predicted molar refractivity (Wildman–Crippen MR) is 103 cm³/mol. The van der Waals surface area contributed by atoms with Crippen LogP contribution in [0.2, 0.25) is 0 Å². The van der Waals surface area contributed by atoms with Gasteiger partial charge >= 0.3 is 0 Å². The zero-order chi connectivity index (χ0) is 18.4. The lowest BCUT2D eigenvalue weighted by molar-refractivity contribution is 0.159. The first-order chi connectivity index (χ1) is 12.7. The normalized spacial score (nSPS) is 12.3. The molecule has 3 aromatic rings. The van der Waals surface area contributed by atoms with Crippen molar-refractivity contribution < 1.29 is 14.6 Å². The molecule has 3 rings (SSSR count). The minimum absolute atomic E-state index is 0.530. The molecule has 5 nitrogen and oxygen atoms in total. The molecular formula is C21H26N2O3. The maximum absolute atomic E-state index is 10.3. The molecule has 0 aliphatic rings. The first-order valence-electron chi connectivity index (χ1n) is 9.13. The number of imidazole rings is 1. The average Bonchev–Trinajstić information content (AvgIpc) is 3.06. The highest BCUT2D eigenvalue weighted by molar-refractivity contribution is 5.76. The van der Waals surface area contributed by atoms with Crippen molar-refractivity contribution >= 4 is 11.0 Å². The molecular weight excluding hydrogens is 328 g/mol. The van der Waals surface area contributed by atoms with Crippen LogP contribution in [0.15, 0.2) is 48.5 Å². The Morgan fingerprint density at radius 3 is 2.50 bits per heavy atom. The third-order valence-electron chi connectivity index (χ3n) is 4.47. The van der Waals surface area contributed by atoms with Crippen LogP contribution in [0.1, 0.15) is 38.1 Å². The molecule has 0 bridgehead atoms. The number of aromatic nitrogens is 2. The van der Waals surface area contributed by atoms with Crippen LogP contribution in [0, 0.1) is 0 Å².